The quantitative estimate of drug-likeness (QED) is 0.617. The number of hydrogen-bond acceptors (Lipinski definition) is 3. The van der Waals surface area contributed by atoms with E-state index in [1.807, 2.05) is 0 Å². The van der Waals surface area contributed by atoms with Crippen LogP contribution in [0.2, 0.25) is 0 Å². The van der Waals surface area contributed by atoms with Crippen LogP contribution in [0, 0.1) is 5.82 Å². The van der Waals surface area contributed by atoms with E-state index in [1.54, 1.807) is 7.11 Å². The minimum Gasteiger partial charge on any atom is -0.478 e. The highest BCUT2D eigenvalue weighted by molar-refractivity contribution is 7.99. The summed E-state index contributed by atoms with van der Waals surface area (Å²) >= 11 is 1.30. The molecule has 0 saturated carbocycles. The Morgan fingerprint density at radius 3 is 2.94 bits per heavy atom. The lowest BCUT2D eigenvalue weighted by Crippen LogP contribution is -1.98. The van der Waals surface area contributed by atoms with Gasteiger partial charge in [0.05, 0.1) is 5.56 Å². The summed E-state index contributed by atoms with van der Waals surface area (Å²) < 4.78 is 18.2. The van der Waals surface area contributed by atoms with Crippen LogP contribution in [0.1, 0.15) is 16.8 Å². The maximum Gasteiger partial charge on any atom is 0.335 e. The fourth-order valence-corrected chi connectivity index (χ4v) is 2.03. The van der Waals surface area contributed by atoms with Crippen molar-refractivity contribution in [3.63, 3.8) is 0 Å². The third kappa shape index (κ3) is 3.83. The predicted molar refractivity (Wildman–Crippen MR) is 60.6 cm³/mol. The Balaban J connectivity index is 2.63. The van der Waals surface area contributed by atoms with E-state index in [-0.39, 0.29) is 11.4 Å². The molecule has 0 bridgehead atoms. The van der Waals surface area contributed by atoms with E-state index < -0.39 is 5.97 Å². The molecule has 0 aromatic heterocycles. The summed E-state index contributed by atoms with van der Waals surface area (Å²) in [7, 11) is 1.61. The number of carboxylic acids is 1. The van der Waals surface area contributed by atoms with Crippen LogP contribution in [-0.4, -0.2) is 30.5 Å². The Kier molecular flexibility index (Phi) is 5.28. The molecule has 0 aliphatic rings. The number of halogens is 1. The molecule has 0 heterocycles. The summed E-state index contributed by atoms with van der Waals surface area (Å²) in [6, 6.07) is 3.80. The van der Waals surface area contributed by atoms with E-state index in [4.69, 9.17) is 9.84 Å². The third-order valence-corrected chi connectivity index (χ3v) is 3.05. The zero-order chi connectivity index (χ0) is 12.0. The molecule has 88 valence electrons. The normalized spacial score (nSPS) is 10.4. The van der Waals surface area contributed by atoms with Crippen molar-refractivity contribution in [2.75, 3.05) is 19.5 Å². The largest absolute Gasteiger partial charge is 0.478 e. The summed E-state index contributed by atoms with van der Waals surface area (Å²) in [5, 5.41) is 8.76. The molecule has 3 nitrogen and oxygen atoms in total. The summed E-state index contributed by atoms with van der Waals surface area (Å²) in [6.45, 7) is 0.618. The van der Waals surface area contributed by atoms with Gasteiger partial charge in [-0.05, 0) is 24.6 Å². The number of hydrogen-bond donors (Lipinski definition) is 1. The Morgan fingerprint density at radius 1 is 1.56 bits per heavy atom. The topological polar surface area (TPSA) is 46.5 Å². The second-order valence-electron chi connectivity index (χ2n) is 3.15. The van der Waals surface area contributed by atoms with Crippen LogP contribution in [0.4, 0.5) is 4.39 Å². The first-order valence-corrected chi connectivity index (χ1v) is 5.78. The van der Waals surface area contributed by atoms with Gasteiger partial charge in [-0.1, -0.05) is 0 Å². The Bertz CT molecular complexity index is 368. The van der Waals surface area contributed by atoms with Gasteiger partial charge in [0.1, 0.15) is 5.82 Å². The van der Waals surface area contributed by atoms with Crippen LogP contribution in [0.5, 0.6) is 0 Å². The van der Waals surface area contributed by atoms with Gasteiger partial charge in [-0.15, -0.1) is 11.8 Å². The van der Waals surface area contributed by atoms with Crippen molar-refractivity contribution in [2.24, 2.45) is 0 Å². The van der Waals surface area contributed by atoms with Crippen molar-refractivity contribution in [1.29, 1.82) is 0 Å². The van der Waals surface area contributed by atoms with Crippen molar-refractivity contribution < 1.29 is 19.0 Å². The first-order valence-electron chi connectivity index (χ1n) is 4.79. The van der Waals surface area contributed by atoms with E-state index in [9.17, 15) is 9.18 Å². The van der Waals surface area contributed by atoms with Gasteiger partial charge in [0.25, 0.3) is 0 Å². The van der Waals surface area contributed by atoms with Gasteiger partial charge >= 0.3 is 5.97 Å². The van der Waals surface area contributed by atoms with Crippen molar-refractivity contribution in [2.45, 2.75) is 11.3 Å². The second kappa shape index (κ2) is 6.50. The second-order valence-corrected chi connectivity index (χ2v) is 4.28. The third-order valence-electron chi connectivity index (χ3n) is 1.93. The average Bonchev–Trinajstić information content (AvgIpc) is 2.26. The highest BCUT2D eigenvalue weighted by Gasteiger charge is 2.08. The number of ether oxygens (including phenoxy) is 1. The number of rotatable bonds is 6. The van der Waals surface area contributed by atoms with Crippen LogP contribution >= 0.6 is 11.8 Å². The van der Waals surface area contributed by atoms with Gasteiger partial charge in [0.15, 0.2) is 0 Å². The van der Waals surface area contributed by atoms with Gasteiger partial charge in [-0.25, -0.2) is 9.18 Å². The zero-order valence-corrected chi connectivity index (χ0v) is 9.72. The van der Waals surface area contributed by atoms with Gasteiger partial charge in [-0.3, -0.25) is 0 Å². The number of methoxy groups -OCH3 is 1. The molecule has 0 aliphatic carbocycles. The first kappa shape index (κ1) is 13.0. The predicted octanol–water partition coefficient (Wildman–Crippen LogP) is 2.65. The Labute approximate surface area is 97.6 Å². The molecule has 0 aliphatic heterocycles. The van der Waals surface area contributed by atoms with Gasteiger partial charge in [0, 0.05) is 24.4 Å². The van der Waals surface area contributed by atoms with E-state index in [0.717, 1.165) is 6.42 Å². The molecule has 1 rings (SSSR count). The molecule has 1 aromatic carbocycles. The number of benzene rings is 1. The molecule has 0 spiro atoms. The monoisotopic (exact) mass is 244 g/mol. The summed E-state index contributed by atoms with van der Waals surface area (Å²) in [5.74, 6) is -0.723. The molecule has 16 heavy (non-hydrogen) atoms. The van der Waals surface area contributed by atoms with E-state index >= 15 is 0 Å². The zero-order valence-electron chi connectivity index (χ0n) is 8.90. The van der Waals surface area contributed by atoms with Gasteiger partial charge in [-0.2, -0.15) is 0 Å². The van der Waals surface area contributed by atoms with Gasteiger partial charge in [0.2, 0.25) is 0 Å². The minimum atomic E-state index is -1.04. The van der Waals surface area contributed by atoms with Crippen LogP contribution in [0.3, 0.4) is 0 Å². The Morgan fingerprint density at radius 2 is 2.31 bits per heavy atom. The summed E-state index contributed by atoms with van der Waals surface area (Å²) in [4.78, 5) is 11.1. The number of carboxylic acid groups (broad SMARTS) is 1. The van der Waals surface area contributed by atoms with Crippen LogP contribution in [0.25, 0.3) is 0 Å². The number of thioether (sulfide) groups is 1. The Hall–Kier alpha value is -1.07. The van der Waals surface area contributed by atoms with Crippen molar-refractivity contribution in [3.05, 3.63) is 29.6 Å². The van der Waals surface area contributed by atoms with Crippen LogP contribution in [-0.2, 0) is 4.74 Å². The molecule has 0 amide bonds. The molecule has 0 fully saturated rings. The molecular weight excluding hydrogens is 231 g/mol. The molecule has 1 aromatic rings. The van der Waals surface area contributed by atoms with Crippen LogP contribution in [0.15, 0.2) is 23.1 Å². The lowest BCUT2D eigenvalue weighted by molar-refractivity contribution is 0.0696. The molecule has 1 N–H and O–H groups in total. The number of carbonyl (C=O) groups is 1. The lowest BCUT2D eigenvalue weighted by atomic mass is 10.2. The lowest BCUT2D eigenvalue weighted by Gasteiger charge is -2.04. The smallest absolute Gasteiger partial charge is 0.335 e. The van der Waals surface area contributed by atoms with Crippen molar-refractivity contribution in [1.82, 2.24) is 0 Å². The SMILES string of the molecule is COCCCSc1cc(C(=O)O)ccc1F. The molecule has 0 unspecified atom stereocenters. The summed E-state index contributed by atoms with van der Waals surface area (Å²) in [5.41, 5.74) is 0.107. The van der Waals surface area contributed by atoms with Crippen molar-refractivity contribution in [3.8, 4) is 0 Å². The molecule has 5 heteroatoms. The highest BCUT2D eigenvalue weighted by Crippen LogP contribution is 2.23. The van der Waals surface area contributed by atoms with Crippen LogP contribution < -0.4 is 0 Å². The standard InChI is InChI=1S/C11H13FO3S/c1-15-5-2-6-16-10-7-8(11(13)14)3-4-9(10)12/h3-4,7H,2,5-6H2,1H3,(H,13,14). The maximum absolute atomic E-state index is 13.3. The molecule has 0 radical (unpaired) electrons. The van der Waals surface area contributed by atoms with E-state index in [1.165, 1.54) is 30.0 Å². The fraction of sp³-hybridized carbons (Fsp3) is 0.364. The molecular formula is C11H13FO3S. The first-order chi connectivity index (χ1) is 7.65. The number of aromatic carboxylic acids is 1. The maximum atomic E-state index is 13.3. The van der Waals surface area contributed by atoms with Crippen molar-refractivity contribution >= 4 is 17.7 Å². The fourth-order valence-electron chi connectivity index (χ4n) is 1.13. The van der Waals surface area contributed by atoms with Gasteiger partial charge < -0.3 is 9.84 Å². The molecule has 0 atom stereocenters. The van der Waals surface area contributed by atoms with E-state index in [0.29, 0.717) is 17.3 Å². The minimum absolute atomic E-state index is 0.107. The average molecular weight is 244 g/mol. The highest BCUT2D eigenvalue weighted by atomic mass is 32.2. The van der Waals surface area contributed by atoms with E-state index in [2.05, 4.69) is 0 Å². The molecule has 0 saturated heterocycles. The summed E-state index contributed by atoms with van der Waals surface area (Å²) in [6.07, 6.45) is 0.803.